The first-order valence-corrected chi connectivity index (χ1v) is 6.42. The van der Waals surface area contributed by atoms with Crippen LogP contribution in [0.2, 0.25) is 0 Å². The van der Waals surface area contributed by atoms with Crippen molar-refractivity contribution in [3.63, 3.8) is 0 Å². The lowest BCUT2D eigenvalue weighted by molar-refractivity contribution is -0.137. The van der Waals surface area contributed by atoms with Crippen molar-refractivity contribution in [1.29, 1.82) is 0 Å². The summed E-state index contributed by atoms with van der Waals surface area (Å²) in [4.78, 5) is 0. The zero-order valence-corrected chi connectivity index (χ0v) is 10.9. The van der Waals surface area contributed by atoms with E-state index < -0.39 is 11.7 Å². The van der Waals surface area contributed by atoms with Gasteiger partial charge in [-0.25, -0.2) is 0 Å². The fourth-order valence-electron chi connectivity index (χ4n) is 1.93. The van der Waals surface area contributed by atoms with Crippen molar-refractivity contribution in [1.82, 2.24) is 0 Å². The molecule has 0 heterocycles. The minimum Gasteiger partial charge on any atom is -0.385 e. The van der Waals surface area contributed by atoms with E-state index in [1.54, 1.807) is 6.07 Å². The van der Waals surface area contributed by atoms with Gasteiger partial charge in [-0.1, -0.05) is 30.3 Å². The van der Waals surface area contributed by atoms with Gasteiger partial charge in [-0.05, 0) is 42.7 Å². The van der Waals surface area contributed by atoms with Crippen LogP contribution < -0.4 is 5.32 Å². The molecule has 105 valence electrons. The molecule has 0 aliphatic rings. The molecule has 0 spiro atoms. The van der Waals surface area contributed by atoms with Gasteiger partial charge in [0.15, 0.2) is 0 Å². The van der Waals surface area contributed by atoms with Gasteiger partial charge in [-0.15, -0.1) is 0 Å². The Morgan fingerprint density at radius 1 is 1.05 bits per heavy atom. The lowest BCUT2D eigenvalue weighted by Crippen LogP contribution is -2.06. The van der Waals surface area contributed by atoms with Gasteiger partial charge in [0.25, 0.3) is 0 Å². The van der Waals surface area contributed by atoms with E-state index in [0.29, 0.717) is 12.0 Å². The molecule has 1 N–H and O–H groups in total. The van der Waals surface area contributed by atoms with Crippen molar-refractivity contribution in [3.05, 3.63) is 65.7 Å². The van der Waals surface area contributed by atoms with Crippen LogP contribution in [0.25, 0.3) is 0 Å². The summed E-state index contributed by atoms with van der Waals surface area (Å²) in [6.07, 6.45) is -2.87. The van der Waals surface area contributed by atoms with Crippen LogP contribution in [0.3, 0.4) is 0 Å². The normalized spacial score (nSPS) is 11.3. The predicted molar refractivity (Wildman–Crippen MR) is 73.5 cm³/mol. The van der Waals surface area contributed by atoms with E-state index in [9.17, 15) is 13.2 Å². The van der Waals surface area contributed by atoms with E-state index in [1.807, 2.05) is 24.3 Å². The first-order valence-electron chi connectivity index (χ1n) is 6.42. The first-order chi connectivity index (χ1) is 9.55. The van der Waals surface area contributed by atoms with E-state index in [0.717, 1.165) is 24.7 Å². The maximum absolute atomic E-state index is 12.6. The summed E-state index contributed by atoms with van der Waals surface area (Å²) < 4.78 is 37.7. The second kappa shape index (κ2) is 6.46. The molecule has 0 saturated carbocycles. The standard InChI is InChI=1S/C16H15F3N/c17-16(18,19)14-8-4-6-13(12-14)7-5-11-20-15-9-2-1-3-10-15/h2-4,6,8-10,12,20H,5,7,11H2. The molecular formula is C16H15F3N. The van der Waals surface area contributed by atoms with Crippen LogP contribution in [-0.4, -0.2) is 6.54 Å². The van der Waals surface area contributed by atoms with Crippen molar-refractivity contribution >= 4 is 5.69 Å². The fraction of sp³-hybridized carbons (Fsp3) is 0.250. The highest BCUT2D eigenvalue weighted by atomic mass is 19.4. The van der Waals surface area contributed by atoms with Crippen LogP contribution in [0.5, 0.6) is 0 Å². The molecule has 0 fully saturated rings. The number of aryl methyl sites for hydroxylation is 1. The molecule has 0 unspecified atom stereocenters. The topological polar surface area (TPSA) is 12.0 Å². The number of halogens is 3. The van der Waals surface area contributed by atoms with Gasteiger partial charge in [0.05, 0.1) is 5.56 Å². The molecule has 0 atom stereocenters. The van der Waals surface area contributed by atoms with E-state index in [4.69, 9.17) is 0 Å². The van der Waals surface area contributed by atoms with Crippen LogP contribution >= 0.6 is 0 Å². The highest BCUT2D eigenvalue weighted by molar-refractivity contribution is 5.42. The van der Waals surface area contributed by atoms with Crippen molar-refractivity contribution < 1.29 is 13.2 Å². The zero-order chi connectivity index (χ0) is 14.4. The number of benzene rings is 2. The Morgan fingerprint density at radius 3 is 2.50 bits per heavy atom. The molecule has 2 aromatic carbocycles. The van der Waals surface area contributed by atoms with E-state index in [2.05, 4.69) is 11.4 Å². The molecule has 0 aliphatic carbocycles. The van der Waals surface area contributed by atoms with Gasteiger partial charge >= 0.3 is 6.18 Å². The summed E-state index contributed by atoms with van der Waals surface area (Å²) in [5, 5.41) is 3.22. The van der Waals surface area contributed by atoms with Gasteiger partial charge in [0, 0.05) is 12.2 Å². The average Bonchev–Trinajstić information content (AvgIpc) is 2.44. The van der Waals surface area contributed by atoms with Gasteiger partial charge < -0.3 is 5.32 Å². The highest BCUT2D eigenvalue weighted by Gasteiger charge is 2.30. The second-order valence-electron chi connectivity index (χ2n) is 4.52. The number of anilines is 1. The number of hydrogen-bond acceptors (Lipinski definition) is 1. The SMILES string of the molecule is FC(F)(F)c1cccc(CCCNc2cc[c]cc2)c1. The van der Waals surface area contributed by atoms with E-state index in [1.165, 1.54) is 12.1 Å². The van der Waals surface area contributed by atoms with Crippen LogP contribution in [0.1, 0.15) is 17.5 Å². The maximum atomic E-state index is 12.6. The Hall–Kier alpha value is -1.97. The monoisotopic (exact) mass is 278 g/mol. The Balaban J connectivity index is 1.83. The third kappa shape index (κ3) is 4.30. The van der Waals surface area contributed by atoms with Crippen LogP contribution in [-0.2, 0) is 12.6 Å². The van der Waals surface area contributed by atoms with Crippen LogP contribution in [0, 0.1) is 6.07 Å². The first kappa shape index (κ1) is 14.4. The number of nitrogens with one attached hydrogen (secondary N) is 1. The van der Waals surface area contributed by atoms with Gasteiger partial charge in [-0.2, -0.15) is 13.2 Å². The summed E-state index contributed by atoms with van der Waals surface area (Å²) in [6.45, 7) is 0.722. The van der Waals surface area contributed by atoms with Crippen molar-refractivity contribution in [2.75, 3.05) is 11.9 Å². The molecule has 1 nitrogen and oxygen atoms in total. The zero-order valence-electron chi connectivity index (χ0n) is 10.9. The quantitative estimate of drug-likeness (QED) is 0.791. The third-order valence-corrected chi connectivity index (χ3v) is 2.94. The number of alkyl halides is 3. The van der Waals surface area contributed by atoms with Crippen molar-refractivity contribution in [2.24, 2.45) is 0 Å². The lowest BCUT2D eigenvalue weighted by Gasteiger charge is -2.09. The molecule has 2 aromatic rings. The Labute approximate surface area is 116 Å². The molecule has 0 amide bonds. The molecule has 20 heavy (non-hydrogen) atoms. The smallest absolute Gasteiger partial charge is 0.385 e. The molecule has 4 heteroatoms. The minimum atomic E-state index is -4.27. The number of rotatable bonds is 5. The summed E-state index contributed by atoms with van der Waals surface area (Å²) in [5.74, 6) is 0. The van der Waals surface area contributed by atoms with Crippen LogP contribution in [0.15, 0.2) is 48.5 Å². The fourth-order valence-corrected chi connectivity index (χ4v) is 1.93. The Morgan fingerprint density at radius 2 is 1.80 bits per heavy atom. The molecule has 1 radical (unpaired) electrons. The molecule has 0 bridgehead atoms. The van der Waals surface area contributed by atoms with Crippen LogP contribution in [0.4, 0.5) is 18.9 Å². The van der Waals surface area contributed by atoms with Crippen molar-refractivity contribution in [2.45, 2.75) is 19.0 Å². The van der Waals surface area contributed by atoms with Crippen molar-refractivity contribution in [3.8, 4) is 0 Å². The molecule has 0 saturated heterocycles. The Bertz CT molecular complexity index is 535. The predicted octanol–water partition coefficient (Wildman–Crippen LogP) is 4.55. The Kier molecular flexibility index (Phi) is 4.66. The van der Waals surface area contributed by atoms with E-state index in [-0.39, 0.29) is 0 Å². The minimum absolute atomic E-state index is 0.582. The largest absolute Gasteiger partial charge is 0.416 e. The summed E-state index contributed by atoms with van der Waals surface area (Å²) in [6, 6.07) is 15.9. The average molecular weight is 278 g/mol. The maximum Gasteiger partial charge on any atom is 0.416 e. The van der Waals surface area contributed by atoms with E-state index >= 15 is 0 Å². The molecule has 0 aliphatic heterocycles. The summed E-state index contributed by atoms with van der Waals surface area (Å²) in [5.41, 5.74) is 1.12. The highest BCUT2D eigenvalue weighted by Crippen LogP contribution is 2.29. The summed E-state index contributed by atoms with van der Waals surface area (Å²) >= 11 is 0. The second-order valence-corrected chi connectivity index (χ2v) is 4.52. The van der Waals surface area contributed by atoms with Gasteiger partial charge in [0.2, 0.25) is 0 Å². The number of hydrogen-bond donors (Lipinski definition) is 1. The lowest BCUT2D eigenvalue weighted by atomic mass is 10.1. The molecule has 0 aromatic heterocycles. The summed E-state index contributed by atoms with van der Waals surface area (Å²) in [7, 11) is 0. The molecule has 2 rings (SSSR count). The van der Waals surface area contributed by atoms with Gasteiger partial charge in [-0.3, -0.25) is 0 Å². The molecular weight excluding hydrogens is 263 g/mol. The van der Waals surface area contributed by atoms with Gasteiger partial charge in [0.1, 0.15) is 0 Å². The third-order valence-electron chi connectivity index (χ3n) is 2.94.